The van der Waals surface area contributed by atoms with E-state index in [4.69, 9.17) is 9.84 Å². The fourth-order valence-electron chi connectivity index (χ4n) is 2.25. The summed E-state index contributed by atoms with van der Waals surface area (Å²) in [4.78, 5) is 11.1. The lowest BCUT2D eigenvalue weighted by Gasteiger charge is -2.40. The Hall–Kier alpha value is -0.960. The van der Waals surface area contributed by atoms with Crippen molar-refractivity contribution in [2.45, 2.75) is 24.3 Å². The topological polar surface area (TPSA) is 83.9 Å². The fraction of sp³-hybridized carbons (Fsp3) is 0.462. The minimum absolute atomic E-state index is 0.0296. The molecule has 0 spiro atoms. The van der Waals surface area contributed by atoms with Gasteiger partial charge in [-0.15, -0.1) is 0 Å². The van der Waals surface area contributed by atoms with E-state index in [0.29, 0.717) is 17.7 Å². The number of carbonyl (C=O) groups is 1. The molecule has 1 aliphatic heterocycles. The first-order chi connectivity index (χ1) is 9.66. The number of sulfonamides is 1. The molecule has 2 rings (SSSR count). The van der Waals surface area contributed by atoms with Crippen LogP contribution in [0.15, 0.2) is 27.6 Å². The van der Waals surface area contributed by atoms with Crippen LogP contribution in [0, 0.1) is 0 Å². The second-order valence-electron chi connectivity index (χ2n) is 5.39. The SMILES string of the molecule is CC1(C)COCCN1S(=O)(=O)c1ccc(Br)c(C(=O)O)c1. The smallest absolute Gasteiger partial charge is 0.336 e. The maximum atomic E-state index is 12.8. The van der Waals surface area contributed by atoms with Crippen LogP contribution in [-0.4, -0.2) is 49.1 Å². The number of hydrogen-bond acceptors (Lipinski definition) is 4. The van der Waals surface area contributed by atoms with E-state index < -0.39 is 21.5 Å². The van der Waals surface area contributed by atoms with Crippen molar-refractivity contribution in [3.63, 3.8) is 0 Å². The van der Waals surface area contributed by atoms with E-state index in [1.807, 2.05) is 0 Å². The Balaban J connectivity index is 2.49. The molecule has 0 bridgehead atoms. The number of aromatic carboxylic acids is 1. The molecule has 6 nitrogen and oxygen atoms in total. The summed E-state index contributed by atoms with van der Waals surface area (Å²) in [7, 11) is -3.77. The Bertz CT molecular complexity index is 671. The lowest BCUT2D eigenvalue weighted by molar-refractivity contribution is -0.00770. The highest BCUT2D eigenvalue weighted by Gasteiger charge is 2.40. The maximum absolute atomic E-state index is 12.8. The van der Waals surface area contributed by atoms with Gasteiger partial charge in [0.25, 0.3) is 0 Å². The number of carboxylic acid groups (broad SMARTS) is 1. The van der Waals surface area contributed by atoms with E-state index in [1.54, 1.807) is 13.8 Å². The Morgan fingerprint density at radius 2 is 2.10 bits per heavy atom. The largest absolute Gasteiger partial charge is 0.478 e. The van der Waals surface area contributed by atoms with E-state index >= 15 is 0 Å². The van der Waals surface area contributed by atoms with Crippen molar-refractivity contribution < 1.29 is 23.1 Å². The van der Waals surface area contributed by atoms with Crippen molar-refractivity contribution in [3.8, 4) is 0 Å². The lowest BCUT2D eigenvalue weighted by atomic mass is 10.1. The number of benzene rings is 1. The third-order valence-electron chi connectivity index (χ3n) is 3.33. The zero-order valence-corrected chi connectivity index (χ0v) is 14.1. The van der Waals surface area contributed by atoms with Crippen LogP contribution < -0.4 is 0 Å². The predicted molar refractivity (Wildman–Crippen MR) is 79.9 cm³/mol. The Kier molecular flexibility index (Phi) is 4.44. The number of carboxylic acids is 1. The van der Waals surface area contributed by atoms with Gasteiger partial charge in [-0.05, 0) is 48.0 Å². The van der Waals surface area contributed by atoms with Crippen LogP contribution in [0.2, 0.25) is 0 Å². The van der Waals surface area contributed by atoms with Gasteiger partial charge in [-0.25, -0.2) is 13.2 Å². The fourth-order valence-corrected chi connectivity index (χ4v) is 4.44. The summed E-state index contributed by atoms with van der Waals surface area (Å²) in [6, 6.07) is 4.01. The van der Waals surface area contributed by atoms with Crippen LogP contribution in [-0.2, 0) is 14.8 Å². The van der Waals surface area contributed by atoms with Gasteiger partial charge in [0.05, 0.1) is 29.2 Å². The van der Waals surface area contributed by atoms with Crippen molar-refractivity contribution >= 4 is 31.9 Å². The van der Waals surface area contributed by atoms with E-state index in [9.17, 15) is 13.2 Å². The Morgan fingerprint density at radius 1 is 1.43 bits per heavy atom. The molecule has 0 amide bonds. The second kappa shape index (κ2) is 5.68. The summed E-state index contributed by atoms with van der Waals surface area (Å²) in [5.74, 6) is -1.18. The molecule has 21 heavy (non-hydrogen) atoms. The maximum Gasteiger partial charge on any atom is 0.336 e. The third-order valence-corrected chi connectivity index (χ3v) is 6.12. The summed E-state index contributed by atoms with van der Waals surface area (Å²) in [5, 5.41) is 9.11. The lowest BCUT2D eigenvalue weighted by Crippen LogP contribution is -2.55. The number of rotatable bonds is 3. The first kappa shape index (κ1) is 16.4. The Labute approximate surface area is 131 Å². The molecule has 1 fully saturated rings. The molecule has 0 aromatic heterocycles. The quantitative estimate of drug-likeness (QED) is 0.869. The number of morpholine rings is 1. The molecule has 1 aromatic rings. The molecule has 1 saturated heterocycles. The molecule has 1 aliphatic rings. The van der Waals surface area contributed by atoms with E-state index in [-0.39, 0.29) is 17.0 Å². The van der Waals surface area contributed by atoms with Gasteiger partial charge in [-0.3, -0.25) is 0 Å². The molecule has 0 radical (unpaired) electrons. The van der Waals surface area contributed by atoms with Crippen molar-refractivity contribution in [1.82, 2.24) is 4.31 Å². The first-order valence-corrected chi connectivity index (χ1v) is 8.53. The molecule has 0 saturated carbocycles. The number of halogens is 1. The van der Waals surface area contributed by atoms with Crippen molar-refractivity contribution in [3.05, 3.63) is 28.2 Å². The zero-order chi connectivity index (χ0) is 15.8. The second-order valence-corrected chi connectivity index (χ2v) is 8.11. The highest BCUT2D eigenvalue weighted by atomic mass is 79.9. The number of hydrogen-bond donors (Lipinski definition) is 1. The molecule has 1 aromatic carbocycles. The molecule has 1 heterocycles. The average Bonchev–Trinajstić information content (AvgIpc) is 2.37. The highest BCUT2D eigenvalue weighted by molar-refractivity contribution is 9.10. The van der Waals surface area contributed by atoms with Crippen molar-refractivity contribution in [2.75, 3.05) is 19.8 Å². The standard InChI is InChI=1S/C13H16BrNO5S/c1-13(2)8-20-6-5-15(13)21(18,19)9-3-4-11(14)10(7-9)12(16)17/h3-4,7H,5-6,8H2,1-2H3,(H,16,17). The minimum Gasteiger partial charge on any atom is -0.478 e. The molecular weight excluding hydrogens is 362 g/mol. The Morgan fingerprint density at radius 3 is 2.67 bits per heavy atom. The van der Waals surface area contributed by atoms with Gasteiger partial charge < -0.3 is 9.84 Å². The minimum atomic E-state index is -3.77. The van der Waals surface area contributed by atoms with Crippen LogP contribution in [0.25, 0.3) is 0 Å². The molecule has 116 valence electrons. The zero-order valence-electron chi connectivity index (χ0n) is 11.7. The average molecular weight is 378 g/mol. The monoisotopic (exact) mass is 377 g/mol. The normalized spacial score (nSPS) is 19.4. The van der Waals surface area contributed by atoms with Crippen LogP contribution in [0.1, 0.15) is 24.2 Å². The van der Waals surface area contributed by atoms with Crippen molar-refractivity contribution in [2.24, 2.45) is 0 Å². The van der Waals surface area contributed by atoms with Gasteiger partial charge >= 0.3 is 5.97 Å². The van der Waals surface area contributed by atoms with Gasteiger partial charge in [0.15, 0.2) is 0 Å². The molecule has 1 N–H and O–H groups in total. The first-order valence-electron chi connectivity index (χ1n) is 6.30. The predicted octanol–water partition coefficient (Wildman–Crippen LogP) is 1.95. The summed E-state index contributed by atoms with van der Waals surface area (Å²) in [5.41, 5.74) is -0.754. The number of ether oxygens (including phenoxy) is 1. The van der Waals surface area contributed by atoms with Crippen LogP contribution in [0.3, 0.4) is 0 Å². The molecular formula is C13H16BrNO5S. The van der Waals surface area contributed by atoms with Gasteiger partial charge in [0, 0.05) is 11.0 Å². The van der Waals surface area contributed by atoms with E-state index in [0.717, 1.165) is 0 Å². The highest BCUT2D eigenvalue weighted by Crippen LogP contribution is 2.29. The van der Waals surface area contributed by atoms with Gasteiger partial charge in [0.2, 0.25) is 10.0 Å². The van der Waals surface area contributed by atoms with Gasteiger partial charge in [-0.2, -0.15) is 4.31 Å². The molecule has 0 unspecified atom stereocenters. The van der Waals surface area contributed by atoms with Gasteiger partial charge in [-0.1, -0.05) is 0 Å². The number of nitrogens with zero attached hydrogens (tertiary/aromatic N) is 1. The third kappa shape index (κ3) is 3.13. The van der Waals surface area contributed by atoms with Gasteiger partial charge in [0.1, 0.15) is 0 Å². The molecule has 0 atom stereocenters. The molecule has 8 heteroatoms. The summed E-state index contributed by atoms with van der Waals surface area (Å²) < 4.78 is 32.5. The molecule has 0 aliphatic carbocycles. The van der Waals surface area contributed by atoms with Crippen molar-refractivity contribution in [1.29, 1.82) is 0 Å². The van der Waals surface area contributed by atoms with E-state index in [2.05, 4.69) is 15.9 Å². The summed E-state index contributed by atoms with van der Waals surface area (Å²) in [6.45, 7) is 4.43. The van der Waals surface area contributed by atoms with Crippen LogP contribution >= 0.6 is 15.9 Å². The van der Waals surface area contributed by atoms with E-state index in [1.165, 1.54) is 22.5 Å². The van der Waals surface area contributed by atoms with Crippen LogP contribution in [0.5, 0.6) is 0 Å². The summed E-state index contributed by atoms with van der Waals surface area (Å²) >= 11 is 3.11. The summed E-state index contributed by atoms with van der Waals surface area (Å²) in [6.07, 6.45) is 0. The van der Waals surface area contributed by atoms with Crippen LogP contribution in [0.4, 0.5) is 0 Å².